The van der Waals surface area contributed by atoms with Crippen molar-refractivity contribution in [1.82, 2.24) is 15.3 Å². The Kier molecular flexibility index (Phi) is 5.37. The molecule has 1 aromatic heterocycles. The fourth-order valence-corrected chi connectivity index (χ4v) is 4.07. The molecule has 2 aromatic carbocycles. The van der Waals surface area contributed by atoms with Gasteiger partial charge in [-0.05, 0) is 61.3 Å². The van der Waals surface area contributed by atoms with Crippen molar-refractivity contribution in [3.05, 3.63) is 71.2 Å². The molecule has 0 radical (unpaired) electrons. The molecule has 0 saturated heterocycles. The van der Waals surface area contributed by atoms with Gasteiger partial charge in [-0.3, -0.25) is 4.90 Å². The summed E-state index contributed by atoms with van der Waals surface area (Å²) in [5.74, 6) is 1.13. The highest BCUT2D eigenvalue weighted by Gasteiger charge is 2.31. The van der Waals surface area contributed by atoms with E-state index in [-0.39, 0.29) is 5.69 Å². The third kappa shape index (κ3) is 4.34. The molecular formula is C23H20F3N5O2. The first-order valence-corrected chi connectivity index (χ1v) is 10.5. The normalized spacial score (nSPS) is 15.1. The zero-order valence-corrected chi connectivity index (χ0v) is 17.4. The molecule has 2 aliphatic heterocycles. The Bertz CT molecular complexity index is 1210. The van der Waals surface area contributed by atoms with Gasteiger partial charge < -0.3 is 15.4 Å². The molecule has 0 atom stereocenters. The van der Waals surface area contributed by atoms with E-state index in [0.29, 0.717) is 36.8 Å². The SMILES string of the molecule is O=C(Nc1cccc(C(F)(F)F)c1)N1CCc2cc(Oc3ncnc4c3CCNC4)ccc21. The van der Waals surface area contributed by atoms with Gasteiger partial charge in [0.25, 0.3) is 0 Å². The summed E-state index contributed by atoms with van der Waals surface area (Å²) >= 11 is 0. The zero-order chi connectivity index (χ0) is 23.0. The van der Waals surface area contributed by atoms with Crippen LogP contribution in [-0.4, -0.2) is 29.1 Å². The van der Waals surface area contributed by atoms with Crippen LogP contribution in [0.1, 0.15) is 22.4 Å². The first-order chi connectivity index (χ1) is 15.9. The number of hydrogen-bond acceptors (Lipinski definition) is 5. The van der Waals surface area contributed by atoms with Crippen LogP contribution in [0.5, 0.6) is 11.6 Å². The first-order valence-electron chi connectivity index (χ1n) is 10.5. The van der Waals surface area contributed by atoms with E-state index in [1.807, 2.05) is 6.07 Å². The summed E-state index contributed by atoms with van der Waals surface area (Å²) in [4.78, 5) is 22.8. The smallest absolute Gasteiger partial charge is 0.416 e. The molecule has 0 saturated carbocycles. The molecule has 0 aliphatic carbocycles. The average molecular weight is 455 g/mol. The molecule has 3 heterocycles. The number of aromatic nitrogens is 2. The second-order valence-corrected chi connectivity index (χ2v) is 7.83. The number of anilines is 2. The van der Waals surface area contributed by atoms with E-state index in [9.17, 15) is 18.0 Å². The van der Waals surface area contributed by atoms with Gasteiger partial charge in [-0.25, -0.2) is 14.8 Å². The van der Waals surface area contributed by atoms with E-state index in [0.717, 1.165) is 41.9 Å². The number of halogens is 3. The molecule has 170 valence electrons. The number of carbonyl (C=O) groups excluding carboxylic acids is 1. The molecule has 3 aromatic rings. The molecular weight excluding hydrogens is 435 g/mol. The van der Waals surface area contributed by atoms with Crippen LogP contribution < -0.4 is 20.3 Å². The van der Waals surface area contributed by atoms with Crippen LogP contribution in [-0.2, 0) is 25.6 Å². The molecule has 33 heavy (non-hydrogen) atoms. The summed E-state index contributed by atoms with van der Waals surface area (Å²) in [6.07, 6.45) is -1.61. The topological polar surface area (TPSA) is 79.4 Å². The Labute approximate surface area is 187 Å². The number of rotatable bonds is 3. The van der Waals surface area contributed by atoms with Crippen molar-refractivity contribution in [1.29, 1.82) is 0 Å². The van der Waals surface area contributed by atoms with Gasteiger partial charge in [-0.1, -0.05) is 6.07 Å². The largest absolute Gasteiger partial charge is 0.439 e. The lowest BCUT2D eigenvalue weighted by Crippen LogP contribution is -2.33. The Morgan fingerprint density at radius 3 is 2.85 bits per heavy atom. The minimum absolute atomic E-state index is 0.0891. The van der Waals surface area contributed by atoms with Crippen LogP contribution in [0.4, 0.5) is 29.3 Å². The Balaban J connectivity index is 1.32. The van der Waals surface area contributed by atoms with Gasteiger partial charge >= 0.3 is 12.2 Å². The zero-order valence-electron chi connectivity index (χ0n) is 17.4. The van der Waals surface area contributed by atoms with Crippen LogP contribution in [0.2, 0.25) is 0 Å². The molecule has 0 fully saturated rings. The number of carbonyl (C=O) groups is 1. The molecule has 0 bridgehead atoms. The highest BCUT2D eigenvalue weighted by molar-refractivity contribution is 6.03. The van der Waals surface area contributed by atoms with Crippen molar-refractivity contribution in [2.24, 2.45) is 0 Å². The minimum atomic E-state index is -4.48. The summed E-state index contributed by atoms with van der Waals surface area (Å²) < 4.78 is 44.9. The summed E-state index contributed by atoms with van der Waals surface area (Å²) in [5.41, 5.74) is 2.79. The van der Waals surface area contributed by atoms with Crippen molar-refractivity contribution in [2.45, 2.75) is 25.6 Å². The van der Waals surface area contributed by atoms with E-state index in [1.165, 1.54) is 23.4 Å². The van der Waals surface area contributed by atoms with Crippen LogP contribution in [0.3, 0.4) is 0 Å². The van der Waals surface area contributed by atoms with E-state index >= 15 is 0 Å². The number of ether oxygens (including phenoxy) is 1. The van der Waals surface area contributed by atoms with Gasteiger partial charge in [0.1, 0.15) is 12.1 Å². The van der Waals surface area contributed by atoms with Crippen LogP contribution in [0.15, 0.2) is 48.8 Å². The van der Waals surface area contributed by atoms with Crippen LogP contribution >= 0.6 is 0 Å². The standard InChI is InChI=1S/C23H20F3N5O2/c24-23(25,26)15-2-1-3-16(11-15)30-22(32)31-9-7-14-10-17(4-5-20(14)31)33-21-18-6-8-27-12-19(18)28-13-29-21/h1-5,10-11,13,27H,6-9,12H2,(H,30,32). The fraction of sp³-hybridized carbons (Fsp3) is 0.261. The van der Waals surface area contributed by atoms with Gasteiger partial charge in [-0.2, -0.15) is 13.2 Å². The summed E-state index contributed by atoms with van der Waals surface area (Å²) in [7, 11) is 0. The Hall–Kier alpha value is -3.66. The van der Waals surface area contributed by atoms with E-state index in [2.05, 4.69) is 20.6 Å². The molecule has 0 unspecified atom stereocenters. The minimum Gasteiger partial charge on any atom is -0.439 e. The quantitative estimate of drug-likeness (QED) is 0.607. The highest BCUT2D eigenvalue weighted by atomic mass is 19.4. The second-order valence-electron chi connectivity index (χ2n) is 7.83. The number of urea groups is 1. The maximum absolute atomic E-state index is 12.9. The van der Waals surface area contributed by atoms with Gasteiger partial charge in [0.2, 0.25) is 5.88 Å². The van der Waals surface area contributed by atoms with Crippen LogP contribution in [0.25, 0.3) is 0 Å². The molecule has 2 aliphatic rings. The predicted molar refractivity (Wildman–Crippen MR) is 115 cm³/mol. The maximum atomic E-state index is 12.9. The lowest BCUT2D eigenvalue weighted by Gasteiger charge is -2.20. The molecule has 2 amide bonds. The highest BCUT2D eigenvalue weighted by Crippen LogP contribution is 2.35. The number of nitrogens with zero attached hydrogens (tertiary/aromatic N) is 3. The lowest BCUT2D eigenvalue weighted by molar-refractivity contribution is -0.137. The molecule has 7 nitrogen and oxygen atoms in total. The van der Waals surface area contributed by atoms with Crippen molar-refractivity contribution in [2.75, 3.05) is 23.3 Å². The number of amides is 2. The lowest BCUT2D eigenvalue weighted by atomic mass is 10.1. The van der Waals surface area contributed by atoms with Gasteiger partial charge in [0.05, 0.1) is 11.3 Å². The van der Waals surface area contributed by atoms with E-state index in [1.54, 1.807) is 12.1 Å². The molecule has 0 spiro atoms. The average Bonchev–Trinajstić information content (AvgIpc) is 3.22. The monoisotopic (exact) mass is 455 g/mol. The van der Waals surface area contributed by atoms with Gasteiger partial charge in [0, 0.05) is 30.0 Å². The Morgan fingerprint density at radius 2 is 2.00 bits per heavy atom. The number of fused-ring (bicyclic) bond motifs is 2. The third-order valence-electron chi connectivity index (χ3n) is 5.69. The number of hydrogen-bond donors (Lipinski definition) is 2. The molecule has 2 N–H and O–H groups in total. The van der Waals surface area contributed by atoms with Gasteiger partial charge in [-0.15, -0.1) is 0 Å². The van der Waals surface area contributed by atoms with Crippen molar-refractivity contribution in [3.63, 3.8) is 0 Å². The summed E-state index contributed by atoms with van der Waals surface area (Å²) in [6.45, 7) is 1.92. The molecule has 5 rings (SSSR count). The predicted octanol–water partition coefficient (Wildman–Crippen LogP) is 4.53. The number of alkyl halides is 3. The fourth-order valence-electron chi connectivity index (χ4n) is 4.07. The number of nitrogens with one attached hydrogen (secondary N) is 2. The summed E-state index contributed by atoms with van der Waals surface area (Å²) in [6, 6.07) is 9.49. The second kappa shape index (κ2) is 8.36. The molecule has 10 heteroatoms. The van der Waals surface area contributed by atoms with E-state index < -0.39 is 17.8 Å². The summed E-state index contributed by atoms with van der Waals surface area (Å²) in [5, 5.41) is 5.82. The Morgan fingerprint density at radius 1 is 1.12 bits per heavy atom. The first kappa shape index (κ1) is 21.2. The van der Waals surface area contributed by atoms with Crippen molar-refractivity contribution >= 4 is 17.4 Å². The van der Waals surface area contributed by atoms with E-state index in [4.69, 9.17) is 4.74 Å². The third-order valence-corrected chi connectivity index (χ3v) is 5.69. The van der Waals surface area contributed by atoms with Crippen molar-refractivity contribution in [3.8, 4) is 11.6 Å². The van der Waals surface area contributed by atoms with Crippen LogP contribution in [0, 0.1) is 0 Å². The number of benzene rings is 2. The van der Waals surface area contributed by atoms with Crippen molar-refractivity contribution < 1.29 is 22.7 Å². The van der Waals surface area contributed by atoms with Gasteiger partial charge in [0.15, 0.2) is 0 Å². The maximum Gasteiger partial charge on any atom is 0.416 e.